The lowest BCUT2D eigenvalue weighted by Crippen LogP contribution is -2.41. The molecule has 1 aromatic rings. The number of carbonyl (C=O) groups excluding carboxylic acids is 1. The quantitative estimate of drug-likeness (QED) is 0.881. The summed E-state index contributed by atoms with van der Waals surface area (Å²) in [5.41, 5.74) is 3.53. The van der Waals surface area contributed by atoms with Crippen LogP contribution in [-0.4, -0.2) is 50.2 Å². The van der Waals surface area contributed by atoms with Crippen molar-refractivity contribution in [1.82, 2.24) is 10.2 Å². The fraction of sp³-hybridized carbons (Fsp3) is 0.562. The van der Waals surface area contributed by atoms with Crippen LogP contribution in [0.4, 0.5) is 0 Å². The molecule has 0 aliphatic carbocycles. The zero-order valence-electron chi connectivity index (χ0n) is 12.4. The van der Waals surface area contributed by atoms with Crippen molar-refractivity contribution in [3.63, 3.8) is 0 Å². The van der Waals surface area contributed by atoms with Gasteiger partial charge in [0.05, 0.1) is 19.6 Å². The maximum absolute atomic E-state index is 11.9. The number of nitrogens with one attached hydrogen (secondary N) is 1. The Kier molecular flexibility index (Phi) is 5.56. The fourth-order valence-electron chi connectivity index (χ4n) is 2.46. The van der Waals surface area contributed by atoms with E-state index in [-0.39, 0.29) is 5.91 Å². The predicted octanol–water partition coefficient (Wildman–Crippen LogP) is 1.29. The molecule has 20 heavy (non-hydrogen) atoms. The van der Waals surface area contributed by atoms with E-state index in [1.165, 1.54) is 11.1 Å². The molecule has 0 unspecified atom stereocenters. The number of hydrogen-bond donors (Lipinski definition) is 1. The Hall–Kier alpha value is -1.39. The first-order chi connectivity index (χ1) is 9.65. The lowest BCUT2D eigenvalue weighted by atomic mass is 10.0. The van der Waals surface area contributed by atoms with Gasteiger partial charge in [0.1, 0.15) is 0 Å². The highest BCUT2D eigenvalue weighted by Gasteiger charge is 2.10. The maximum Gasteiger partial charge on any atom is 0.224 e. The molecule has 0 aromatic heterocycles. The van der Waals surface area contributed by atoms with Crippen molar-refractivity contribution in [3.05, 3.63) is 34.9 Å². The Balaban J connectivity index is 1.72. The monoisotopic (exact) mass is 276 g/mol. The Labute approximate surface area is 121 Å². The molecule has 0 bridgehead atoms. The highest BCUT2D eigenvalue weighted by molar-refractivity contribution is 5.78. The zero-order valence-corrected chi connectivity index (χ0v) is 12.4. The van der Waals surface area contributed by atoms with Crippen LogP contribution >= 0.6 is 0 Å². The van der Waals surface area contributed by atoms with Crippen LogP contribution in [0.25, 0.3) is 0 Å². The van der Waals surface area contributed by atoms with E-state index in [1.807, 2.05) is 6.07 Å². The van der Waals surface area contributed by atoms with Crippen LogP contribution in [-0.2, 0) is 16.0 Å². The number of carbonyl (C=O) groups is 1. The summed E-state index contributed by atoms with van der Waals surface area (Å²) in [4.78, 5) is 14.3. The van der Waals surface area contributed by atoms with Gasteiger partial charge in [-0.15, -0.1) is 0 Å². The van der Waals surface area contributed by atoms with Crippen molar-refractivity contribution in [2.75, 3.05) is 39.4 Å². The van der Waals surface area contributed by atoms with E-state index < -0.39 is 0 Å². The Bertz CT molecular complexity index is 454. The van der Waals surface area contributed by atoms with Crippen molar-refractivity contribution in [1.29, 1.82) is 0 Å². The third kappa shape index (κ3) is 4.62. The molecular weight excluding hydrogens is 252 g/mol. The molecule has 0 atom stereocenters. The van der Waals surface area contributed by atoms with Gasteiger partial charge in [0.2, 0.25) is 5.91 Å². The predicted molar refractivity (Wildman–Crippen MR) is 79.9 cm³/mol. The topological polar surface area (TPSA) is 41.6 Å². The first-order valence-electron chi connectivity index (χ1n) is 7.28. The van der Waals surface area contributed by atoms with Crippen molar-refractivity contribution in [2.45, 2.75) is 20.3 Å². The second-order valence-electron chi connectivity index (χ2n) is 5.41. The zero-order chi connectivity index (χ0) is 14.4. The van der Waals surface area contributed by atoms with Gasteiger partial charge in [0, 0.05) is 26.2 Å². The number of benzene rings is 1. The highest BCUT2D eigenvalue weighted by Crippen LogP contribution is 2.10. The molecule has 1 N–H and O–H groups in total. The molecule has 0 radical (unpaired) electrons. The van der Waals surface area contributed by atoms with Gasteiger partial charge in [-0.1, -0.05) is 23.8 Å². The van der Waals surface area contributed by atoms with Gasteiger partial charge < -0.3 is 10.1 Å². The van der Waals surface area contributed by atoms with Crippen LogP contribution in [0.2, 0.25) is 0 Å². The van der Waals surface area contributed by atoms with Crippen LogP contribution < -0.4 is 5.32 Å². The number of amides is 1. The highest BCUT2D eigenvalue weighted by atomic mass is 16.5. The van der Waals surface area contributed by atoms with Gasteiger partial charge in [-0.3, -0.25) is 9.69 Å². The van der Waals surface area contributed by atoms with Gasteiger partial charge in [0.15, 0.2) is 0 Å². The number of rotatable bonds is 5. The van der Waals surface area contributed by atoms with Crippen molar-refractivity contribution >= 4 is 5.91 Å². The summed E-state index contributed by atoms with van der Waals surface area (Å²) in [6.07, 6.45) is 0.467. The summed E-state index contributed by atoms with van der Waals surface area (Å²) in [6.45, 7) is 9.28. The lowest BCUT2D eigenvalue weighted by molar-refractivity contribution is -0.120. The molecular formula is C16H24N2O2. The van der Waals surface area contributed by atoms with Crippen LogP contribution in [0.3, 0.4) is 0 Å². The first kappa shape index (κ1) is 15.0. The summed E-state index contributed by atoms with van der Waals surface area (Å²) in [5.74, 6) is 0.102. The summed E-state index contributed by atoms with van der Waals surface area (Å²) in [5, 5.41) is 3.00. The van der Waals surface area contributed by atoms with E-state index in [1.54, 1.807) is 0 Å². The average Bonchev–Trinajstić information content (AvgIpc) is 2.43. The van der Waals surface area contributed by atoms with Crippen LogP contribution in [0.15, 0.2) is 18.2 Å². The molecule has 4 heteroatoms. The van der Waals surface area contributed by atoms with Crippen molar-refractivity contribution < 1.29 is 9.53 Å². The minimum absolute atomic E-state index is 0.102. The maximum atomic E-state index is 11.9. The molecule has 1 aromatic carbocycles. The molecule has 1 fully saturated rings. The number of aryl methyl sites for hydroxylation is 2. The Morgan fingerprint density at radius 1 is 1.30 bits per heavy atom. The van der Waals surface area contributed by atoms with E-state index in [4.69, 9.17) is 4.74 Å². The largest absolute Gasteiger partial charge is 0.379 e. The van der Waals surface area contributed by atoms with Crippen molar-refractivity contribution in [3.8, 4) is 0 Å². The van der Waals surface area contributed by atoms with Crippen LogP contribution in [0, 0.1) is 13.8 Å². The summed E-state index contributed by atoms with van der Waals surface area (Å²) in [7, 11) is 0. The molecule has 1 aliphatic rings. The van der Waals surface area contributed by atoms with Gasteiger partial charge in [-0.25, -0.2) is 0 Å². The van der Waals surface area contributed by atoms with Crippen LogP contribution in [0.5, 0.6) is 0 Å². The summed E-state index contributed by atoms with van der Waals surface area (Å²) >= 11 is 0. The lowest BCUT2D eigenvalue weighted by Gasteiger charge is -2.26. The second kappa shape index (κ2) is 7.41. The van der Waals surface area contributed by atoms with E-state index >= 15 is 0 Å². The number of nitrogens with zero attached hydrogens (tertiary/aromatic N) is 1. The summed E-state index contributed by atoms with van der Waals surface area (Å²) in [6, 6.07) is 6.23. The molecule has 110 valence electrons. The average molecular weight is 276 g/mol. The minimum Gasteiger partial charge on any atom is -0.379 e. The molecule has 4 nitrogen and oxygen atoms in total. The Morgan fingerprint density at radius 2 is 2.05 bits per heavy atom. The van der Waals surface area contributed by atoms with E-state index in [0.717, 1.165) is 38.4 Å². The third-order valence-corrected chi connectivity index (χ3v) is 3.70. The molecule has 1 heterocycles. The first-order valence-corrected chi connectivity index (χ1v) is 7.28. The number of morpholine rings is 1. The molecule has 1 amide bonds. The molecule has 1 aliphatic heterocycles. The molecule has 0 spiro atoms. The van der Waals surface area contributed by atoms with Crippen LogP contribution in [0.1, 0.15) is 16.7 Å². The Morgan fingerprint density at radius 3 is 2.75 bits per heavy atom. The SMILES string of the molecule is Cc1ccc(CC(=O)NCCN2CCOCC2)c(C)c1. The van der Waals surface area contributed by atoms with E-state index in [9.17, 15) is 4.79 Å². The van der Waals surface area contributed by atoms with Gasteiger partial charge in [0.25, 0.3) is 0 Å². The molecule has 2 rings (SSSR count). The van der Waals surface area contributed by atoms with Gasteiger partial charge in [-0.05, 0) is 25.0 Å². The number of ether oxygens (including phenoxy) is 1. The molecule has 1 saturated heterocycles. The van der Waals surface area contributed by atoms with Gasteiger partial charge in [-0.2, -0.15) is 0 Å². The van der Waals surface area contributed by atoms with Gasteiger partial charge >= 0.3 is 0 Å². The van der Waals surface area contributed by atoms with Crippen molar-refractivity contribution in [2.24, 2.45) is 0 Å². The fourth-order valence-corrected chi connectivity index (χ4v) is 2.46. The van der Waals surface area contributed by atoms with E-state index in [0.29, 0.717) is 13.0 Å². The third-order valence-electron chi connectivity index (χ3n) is 3.70. The number of hydrogen-bond acceptors (Lipinski definition) is 3. The smallest absolute Gasteiger partial charge is 0.224 e. The normalized spacial score (nSPS) is 16.1. The second-order valence-corrected chi connectivity index (χ2v) is 5.41. The summed E-state index contributed by atoms with van der Waals surface area (Å²) < 4.78 is 5.30. The molecule has 0 saturated carbocycles. The standard InChI is InChI=1S/C16H24N2O2/c1-13-3-4-15(14(2)11-13)12-16(19)17-5-6-18-7-9-20-10-8-18/h3-4,11H,5-10,12H2,1-2H3,(H,17,19). The minimum atomic E-state index is 0.102. The van der Waals surface area contributed by atoms with E-state index in [2.05, 4.69) is 36.2 Å².